The molecule has 0 fully saturated rings. The summed E-state index contributed by atoms with van der Waals surface area (Å²) in [7, 11) is 0. The zero-order valence-corrected chi connectivity index (χ0v) is 84.3. The van der Waals surface area contributed by atoms with E-state index in [0.717, 1.165) is 27.7 Å². The summed E-state index contributed by atoms with van der Waals surface area (Å²) in [6, 6.07) is -20.8. The van der Waals surface area contributed by atoms with Crippen LogP contribution in [0, 0.1) is 23.2 Å². The Morgan fingerprint density at radius 1 is 0.313 bits per heavy atom. The van der Waals surface area contributed by atoms with Gasteiger partial charge < -0.3 is 180 Å². The van der Waals surface area contributed by atoms with Crippen LogP contribution in [0.25, 0.3) is 0 Å². The topological polar surface area (TPSA) is 984 Å². The van der Waals surface area contributed by atoms with Crippen molar-refractivity contribution in [1.29, 1.82) is 5.41 Å². The smallest absolute Gasteiger partial charge is 0.326 e. The molecule has 60 heteroatoms. The third-order valence-corrected chi connectivity index (χ3v) is 21.8. The minimum absolute atomic E-state index is 0.0331. The Morgan fingerprint density at radius 3 is 1.04 bits per heavy atom. The molecule has 0 aliphatic rings. The summed E-state index contributed by atoms with van der Waals surface area (Å²) >= 11 is 0. The van der Waals surface area contributed by atoms with Crippen molar-refractivity contribution in [3.8, 4) is 11.5 Å². The first-order valence-corrected chi connectivity index (χ1v) is 47.1. The third-order valence-electron chi connectivity index (χ3n) is 21.8. The monoisotopic (exact) mass is 2130 g/mol. The Kier molecular flexibility index (Phi) is 56.1. The van der Waals surface area contributed by atoms with Crippen LogP contribution >= 0.6 is 0 Å². The molecule has 20 atom stereocenters. The van der Waals surface area contributed by atoms with Crippen LogP contribution in [-0.2, 0) is 133 Å². The van der Waals surface area contributed by atoms with E-state index in [9.17, 15) is 171 Å². The fraction of sp³-hybridized carbons (Fsp3) is 0.578. The number of aromatic hydroxyl groups is 2. The van der Waals surface area contributed by atoms with Gasteiger partial charge in [-0.05, 0) is 127 Å². The molecule has 0 saturated carbocycles. The summed E-state index contributed by atoms with van der Waals surface area (Å²) in [6.45, 7) is 10.2. The van der Waals surface area contributed by atoms with Gasteiger partial charge in [0.15, 0.2) is 5.96 Å². The number of hydrogen-bond acceptors (Lipinski definition) is 33. The van der Waals surface area contributed by atoms with Gasteiger partial charge in [0.1, 0.15) is 114 Å². The van der Waals surface area contributed by atoms with Crippen LogP contribution in [0.3, 0.4) is 0 Å². The number of benzene rings is 2. The highest BCUT2D eigenvalue weighted by Gasteiger charge is 2.41. The number of amides is 21. The number of aliphatic carboxylic acids is 4. The van der Waals surface area contributed by atoms with Crippen molar-refractivity contribution in [1.82, 2.24) is 112 Å². The van der Waals surface area contributed by atoms with Crippen molar-refractivity contribution in [2.45, 2.75) is 275 Å². The van der Waals surface area contributed by atoms with Gasteiger partial charge in [0.05, 0.1) is 63.9 Å². The Bertz CT molecular complexity index is 5080. The van der Waals surface area contributed by atoms with Crippen LogP contribution in [0.4, 0.5) is 0 Å². The maximum atomic E-state index is 14.4. The summed E-state index contributed by atoms with van der Waals surface area (Å²) in [5.74, 6) is -33.5. The van der Waals surface area contributed by atoms with Crippen molar-refractivity contribution >= 4 is 154 Å². The molecule has 0 aromatic heterocycles. The van der Waals surface area contributed by atoms with Crippen LogP contribution in [0.2, 0.25) is 0 Å². The third kappa shape index (κ3) is 48.5. The predicted molar refractivity (Wildman–Crippen MR) is 519 cm³/mol. The van der Waals surface area contributed by atoms with E-state index in [1.165, 1.54) is 90.1 Å². The van der Waals surface area contributed by atoms with Gasteiger partial charge in [-0.3, -0.25) is 120 Å². The summed E-state index contributed by atoms with van der Waals surface area (Å²) in [4.78, 5) is 332. The van der Waals surface area contributed by atoms with E-state index in [2.05, 4.69) is 112 Å². The molecule has 0 radical (unpaired) electrons. The number of phenols is 2. The van der Waals surface area contributed by atoms with Crippen molar-refractivity contribution < 1.29 is 171 Å². The zero-order chi connectivity index (χ0) is 114. The number of primary amides is 1. The Hall–Kier alpha value is -16.1. The molecule has 150 heavy (non-hydrogen) atoms. The molecule has 0 aliphatic carbocycles. The average molecular weight is 2130 g/mol. The number of rotatable bonds is 67. The van der Waals surface area contributed by atoms with Crippen molar-refractivity contribution in [2.75, 3.05) is 39.4 Å². The second kappa shape index (κ2) is 64.8. The average Bonchev–Trinajstić information content (AvgIpc) is 0.849. The van der Waals surface area contributed by atoms with Gasteiger partial charge in [0.2, 0.25) is 124 Å². The summed E-state index contributed by atoms with van der Waals surface area (Å²) in [6.07, 6.45) is -10.0. The van der Waals surface area contributed by atoms with Gasteiger partial charge in [-0.25, -0.2) is 4.79 Å². The molecule has 2 aromatic carbocycles. The van der Waals surface area contributed by atoms with Crippen LogP contribution in [0.15, 0.2) is 48.5 Å². The number of hydrogen-bond donors (Lipinski definition) is 35. The number of aliphatic hydroxyl groups is 4. The lowest BCUT2D eigenvalue weighted by molar-refractivity contribution is -0.143. The maximum absolute atomic E-state index is 14.4. The van der Waals surface area contributed by atoms with Crippen LogP contribution < -0.4 is 129 Å². The lowest BCUT2D eigenvalue weighted by atomic mass is 10.0. The molecule has 21 amide bonds. The number of guanidine groups is 1. The van der Waals surface area contributed by atoms with Crippen molar-refractivity contribution in [3.63, 3.8) is 0 Å². The summed E-state index contributed by atoms with van der Waals surface area (Å²) < 4.78 is 0. The molecule has 0 spiro atoms. The summed E-state index contributed by atoms with van der Waals surface area (Å²) in [5, 5.41) is 156. The Morgan fingerprint density at radius 2 is 0.633 bits per heavy atom. The van der Waals surface area contributed by atoms with Crippen LogP contribution in [0.1, 0.15) is 152 Å². The van der Waals surface area contributed by atoms with E-state index < -0.39 is 364 Å². The second-order valence-electron chi connectivity index (χ2n) is 36.0. The van der Waals surface area contributed by atoms with E-state index >= 15 is 0 Å². The number of nitrogens with two attached hydrogens (primary N) is 3. The molecule has 2 rings (SSSR count). The fourth-order valence-electron chi connectivity index (χ4n) is 13.5. The molecular formula is C90H139N25O35. The van der Waals surface area contributed by atoms with Crippen molar-refractivity contribution in [3.05, 3.63) is 59.7 Å². The van der Waals surface area contributed by atoms with Gasteiger partial charge in [-0.2, -0.15) is 0 Å². The first-order valence-electron chi connectivity index (χ1n) is 47.1. The zero-order valence-electron chi connectivity index (χ0n) is 84.3. The number of carboxylic acid groups (broad SMARTS) is 4. The number of nitrogens with one attached hydrogen (secondary N) is 22. The van der Waals surface area contributed by atoms with E-state index in [1.54, 1.807) is 13.8 Å². The molecule has 60 nitrogen and oxygen atoms in total. The first-order chi connectivity index (χ1) is 70.0. The standard InChI is InChI=1S/C90H139N25O35/c1-38(2)28-54(107-73(133)42(8)99-62(123)33-96-76(136)58(32-67(130)131)106-72(132)41(7)91)82(142)115-70(45(11)118)87(147)98-35-64(125)112-71(46(12)119)88(148)109-55(29-47-15-19-49(120)20-16-47)81(141)105-53(24-26-66(128)129)79(139)110-59(36-116)84(144)101-44(10)75(135)113-68(39(3)4)86(146)97-34-63(124)102-57(31-61(92)122)80(140)100-43(9)74(134)103-52(23-25-65(126)127)78(138)111-60(37-117)85(145)104-51(14-13-27-95-90(93)94)77(137)108-56(30-48-17-21-50(121)22-18-48)83(143)114-69(40(5)6)89(149)150/h15-22,38-46,51-60,68-71,116-121H,13-14,23-37,91H2,1-12H3,(H2,92,122)(H,96,136)(H,97,146)(H,98,147)(H,99,123)(H,100,140)(H,101,144)(H,102,124)(H,103,134)(H,104,145)(H,105,141)(H,106,132)(H,107,133)(H,108,137)(H,109,148)(H,110,139)(H,111,138)(H,112,125)(H,113,135)(H,114,143)(H,115,142)(H,126,127)(H,128,129)(H,130,131)(H,149,150)(H4,93,94,95)/t41-,42-,43-,44-,45+,46+,51-,52-,53-,54-,55-,56-,57-,58-,59-,60-,68-,69-,70-,71-/m0/s1. The highest BCUT2D eigenvalue weighted by atomic mass is 16.4. The minimum atomic E-state index is -2.04. The Labute approximate surface area is 858 Å². The van der Waals surface area contributed by atoms with Gasteiger partial charge in [-0.15, -0.1) is 0 Å². The molecule has 0 unspecified atom stereocenters. The quantitative estimate of drug-likeness (QED) is 0.0166. The number of carboxylic acids is 4. The highest BCUT2D eigenvalue weighted by Crippen LogP contribution is 2.18. The highest BCUT2D eigenvalue weighted by molar-refractivity contribution is 6.03. The van der Waals surface area contributed by atoms with E-state index in [1.807, 2.05) is 0 Å². The summed E-state index contributed by atoms with van der Waals surface area (Å²) in [5.41, 5.74) is 16.8. The molecule has 0 saturated heterocycles. The lowest BCUT2D eigenvalue weighted by Gasteiger charge is -2.28. The largest absolute Gasteiger partial charge is 0.508 e. The molecule has 38 N–H and O–H groups in total. The number of carbonyl (C=O) groups is 25. The molecule has 0 bridgehead atoms. The number of aliphatic hydroxyl groups excluding tert-OH is 4. The predicted octanol–water partition coefficient (Wildman–Crippen LogP) is -13.6. The Balaban J connectivity index is 2.28. The van der Waals surface area contributed by atoms with Gasteiger partial charge in [-0.1, -0.05) is 65.8 Å². The van der Waals surface area contributed by atoms with Crippen LogP contribution in [0.5, 0.6) is 11.5 Å². The fourth-order valence-corrected chi connectivity index (χ4v) is 13.5. The molecule has 0 heterocycles. The maximum Gasteiger partial charge on any atom is 0.326 e. The SMILES string of the molecule is CC(C)C[C@H](NC(=O)[C@H](C)NC(=O)CNC(=O)[C@H](CC(=O)O)NC(=O)[C@H](C)N)C(=O)N[C@H](C(=O)NCC(=O)N[C@H](C(=O)N[C@@H](Cc1ccc(O)cc1)C(=O)N[C@@H](CCC(=O)O)C(=O)N[C@@H](CO)C(=O)N[C@@H](C)C(=O)N[C@H](C(=O)NCC(=O)N[C@@H](CC(N)=O)C(=O)N[C@@H](C)C(=O)N[C@@H](CCC(=O)O)C(=O)N[C@@H](CO)C(=O)N[C@@H](CCCNC(=N)N)C(=O)N[C@@H](Cc1ccc(O)cc1)C(=O)N[C@H](C(=O)O)C(C)C)C(C)C)[C@@H](C)O)[C@@H](C)O. The van der Waals surface area contributed by atoms with Gasteiger partial charge in [0.25, 0.3) is 0 Å². The van der Waals surface area contributed by atoms with Crippen molar-refractivity contribution in [2.24, 2.45) is 35.0 Å². The molecule has 0 aliphatic heterocycles. The van der Waals surface area contributed by atoms with E-state index in [0.29, 0.717) is 5.56 Å². The number of carbonyl (C=O) groups excluding carboxylic acids is 21. The van der Waals surface area contributed by atoms with Gasteiger partial charge in [0, 0.05) is 32.2 Å². The van der Waals surface area contributed by atoms with Gasteiger partial charge >= 0.3 is 23.9 Å². The molecule has 834 valence electrons. The van der Waals surface area contributed by atoms with E-state index in [-0.39, 0.29) is 55.2 Å². The second-order valence-corrected chi connectivity index (χ2v) is 36.0. The van der Waals surface area contributed by atoms with E-state index in [4.69, 9.17) is 22.6 Å². The number of phenolic OH excluding ortho intramolecular Hbond substituents is 2. The molecular weight excluding hydrogens is 1990 g/mol. The lowest BCUT2D eigenvalue weighted by Crippen LogP contribution is -2.61. The first kappa shape index (κ1) is 130. The van der Waals surface area contributed by atoms with Crippen LogP contribution in [-0.4, -0.2) is 365 Å². The normalized spacial score (nSPS) is 15.0. The minimum Gasteiger partial charge on any atom is -0.508 e. The molecule has 2 aromatic rings.